The molecule has 0 saturated carbocycles. The third-order valence-corrected chi connectivity index (χ3v) is 3.82. The molecule has 19 heavy (non-hydrogen) atoms. The van der Waals surface area contributed by atoms with Crippen LogP contribution in [0, 0.1) is 0 Å². The molecule has 94 valence electrons. The Bertz CT molecular complexity index is 735. The van der Waals surface area contributed by atoms with Crippen LogP contribution in [0.15, 0.2) is 36.4 Å². The molecule has 1 aliphatic carbocycles. The molecular formula is C15H14N4. The van der Waals surface area contributed by atoms with Crippen LogP contribution in [-0.4, -0.2) is 15.0 Å². The third-order valence-electron chi connectivity index (χ3n) is 3.82. The number of anilines is 1. The number of benzene rings is 1. The topological polar surface area (TPSA) is 67.6 Å². The van der Waals surface area contributed by atoms with Gasteiger partial charge >= 0.3 is 0 Å². The van der Waals surface area contributed by atoms with Gasteiger partial charge < -0.3 is 10.7 Å². The average Bonchev–Trinajstić information content (AvgIpc) is 3.00. The number of imidazole rings is 1. The molecule has 3 aromatic rings. The zero-order valence-corrected chi connectivity index (χ0v) is 10.4. The summed E-state index contributed by atoms with van der Waals surface area (Å²) in [5.74, 6) is 1.96. The predicted octanol–water partition coefficient (Wildman–Crippen LogP) is 2.42. The first-order valence-electron chi connectivity index (χ1n) is 6.48. The summed E-state index contributed by atoms with van der Waals surface area (Å²) in [6.07, 6.45) is 2.09. The Morgan fingerprint density at radius 2 is 1.74 bits per heavy atom. The predicted molar refractivity (Wildman–Crippen MR) is 74.9 cm³/mol. The molecule has 1 aromatic carbocycles. The van der Waals surface area contributed by atoms with E-state index in [-0.39, 0.29) is 0 Å². The molecule has 4 heteroatoms. The number of rotatable bonds is 1. The number of aromatic amines is 1. The molecule has 0 atom stereocenters. The maximum Gasteiger partial charge on any atom is 0.179 e. The Morgan fingerprint density at radius 3 is 2.47 bits per heavy atom. The van der Waals surface area contributed by atoms with Crippen LogP contribution in [0.3, 0.4) is 0 Å². The second-order valence-corrected chi connectivity index (χ2v) is 5.10. The van der Waals surface area contributed by atoms with Crippen molar-refractivity contribution in [3.05, 3.63) is 53.3 Å². The fraction of sp³-hybridized carbons (Fsp3) is 0.200. The number of nitrogens with one attached hydrogen (secondary N) is 1. The summed E-state index contributed by atoms with van der Waals surface area (Å²) >= 11 is 0. The molecule has 0 saturated heterocycles. The number of nitrogen functional groups attached to an aromatic ring is 1. The highest BCUT2D eigenvalue weighted by atomic mass is 15.0. The van der Waals surface area contributed by atoms with Gasteiger partial charge in [-0.2, -0.15) is 0 Å². The summed E-state index contributed by atoms with van der Waals surface area (Å²) in [6.45, 7) is 0. The summed E-state index contributed by atoms with van der Waals surface area (Å²) < 4.78 is 0. The lowest BCUT2D eigenvalue weighted by molar-refractivity contribution is 0.696. The van der Waals surface area contributed by atoms with Crippen LogP contribution < -0.4 is 5.73 Å². The Kier molecular flexibility index (Phi) is 2.12. The molecule has 0 fully saturated rings. The number of fused-ring (bicyclic) bond motifs is 2. The number of H-pyrrole nitrogens is 1. The van der Waals surface area contributed by atoms with Crippen LogP contribution in [0.25, 0.3) is 11.2 Å². The van der Waals surface area contributed by atoms with Gasteiger partial charge in [-0.15, -0.1) is 0 Å². The fourth-order valence-corrected chi connectivity index (χ4v) is 2.87. The average molecular weight is 250 g/mol. The van der Waals surface area contributed by atoms with Gasteiger partial charge in [0.05, 0.1) is 5.52 Å². The minimum absolute atomic E-state index is 0.424. The Labute approximate surface area is 110 Å². The van der Waals surface area contributed by atoms with E-state index < -0.39 is 0 Å². The first-order valence-corrected chi connectivity index (χ1v) is 6.48. The van der Waals surface area contributed by atoms with Gasteiger partial charge in [-0.05, 0) is 36.1 Å². The van der Waals surface area contributed by atoms with Crippen molar-refractivity contribution in [3.63, 3.8) is 0 Å². The molecular weight excluding hydrogens is 236 g/mol. The number of pyridine rings is 1. The fourth-order valence-electron chi connectivity index (χ4n) is 2.87. The summed E-state index contributed by atoms with van der Waals surface area (Å²) in [4.78, 5) is 12.2. The lowest BCUT2D eigenvalue weighted by Gasteiger charge is -2.03. The van der Waals surface area contributed by atoms with Crippen molar-refractivity contribution < 1.29 is 0 Å². The van der Waals surface area contributed by atoms with E-state index in [9.17, 15) is 0 Å². The maximum atomic E-state index is 5.69. The van der Waals surface area contributed by atoms with Crippen LogP contribution in [0.1, 0.15) is 22.9 Å². The van der Waals surface area contributed by atoms with Gasteiger partial charge in [0.1, 0.15) is 11.6 Å². The molecule has 3 N–H and O–H groups in total. The van der Waals surface area contributed by atoms with Gasteiger partial charge in [0.25, 0.3) is 0 Å². The van der Waals surface area contributed by atoms with E-state index in [4.69, 9.17) is 5.73 Å². The molecule has 1 aliphatic rings. The van der Waals surface area contributed by atoms with Gasteiger partial charge in [-0.3, -0.25) is 0 Å². The first-order chi connectivity index (χ1) is 9.29. The summed E-state index contributed by atoms with van der Waals surface area (Å²) in [5.41, 5.74) is 10.2. The molecule has 2 heterocycles. The van der Waals surface area contributed by atoms with E-state index in [1.807, 2.05) is 6.07 Å². The summed E-state index contributed by atoms with van der Waals surface area (Å²) in [5, 5.41) is 0. The highest BCUT2D eigenvalue weighted by Crippen LogP contribution is 2.33. The molecule has 0 spiro atoms. The Hall–Kier alpha value is -2.36. The quantitative estimate of drug-likeness (QED) is 0.697. The van der Waals surface area contributed by atoms with Crippen LogP contribution in [0.5, 0.6) is 0 Å². The van der Waals surface area contributed by atoms with Gasteiger partial charge in [0, 0.05) is 5.92 Å². The zero-order chi connectivity index (χ0) is 12.8. The second-order valence-electron chi connectivity index (χ2n) is 5.10. The zero-order valence-electron chi connectivity index (χ0n) is 10.4. The minimum atomic E-state index is 0.424. The normalized spacial score (nSPS) is 14.9. The van der Waals surface area contributed by atoms with Crippen molar-refractivity contribution in [3.8, 4) is 0 Å². The Morgan fingerprint density at radius 1 is 1.00 bits per heavy atom. The molecule has 2 aromatic heterocycles. The number of nitrogens with zero attached hydrogens (tertiary/aromatic N) is 2. The highest BCUT2D eigenvalue weighted by molar-refractivity contribution is 5.72. The maximum absolute atomic E-state index is 5.69. The molecule has 0 bridgehead atoms. The molecule has 0 radical (unpaired) electrons. The van der Waals surface area contributed by atoms with E-state index in [1.54, 1.807) is 6.07 Å². The van der Waals surface area contributed by atoms with Crippen molar-refractivity contribution in [1.82, 2.24) is 15.0 Å². The third kappa shape index (κ3) is 1.68. The SMILES string of the molecule is Nc1ccc2[nH]c(C3Cc4ccccc4C3)nc2n1. The standard InChI is InChI=1S/C15H14N4/c16-13-6-5-12-15(18-13)19-14(17-12)11-7-9-3-1-2-4-10(9)8-11/h1-6,11H,7-8H2,(H3,16,17,18,19). The second kappa shape index (κ2) is 3.82. The van der Waals surface area contributed by atoms with Crippen LogP contribution in [-0.2, 0) is 12.8 Å². The lowest BCUT2D eigenvalue weighted by atomic mass is 10.1. The summed E-state index contributed by atoms with van der Waals surface area (Å²) in [6, 6.07) is 12.3. The van der Waals surface area contributed by atoms with Gasteiger partial charge in [0.2, 0.25) is 0 Å². The first kappa shape index (κ1) is 10.6. The molecule has 0 unspecified atom stereocenters. The lowest BCUT2D eigenvalue weighted by Crippen LogP contribution is -2.00. The van der Waals surface area contributed by atoms with E-state index in [2.05, 4.69) is 39.2 Å². The van der Waals surface area contributed by atoms with Gasteiger partial charge in [-0.1, -0.05) is 24.3 Å². The summed E-state index contributed by atoms with van der Waals surface area (Å²) in [7, 11) is 0. The van der Waals surface area contributed by atoms with Crippen molar-refractivity contribution in [2.24, 2.45) is 0 Å². The van der Waals surface area contributed by atoms with Crippen LogP contribution in [0.2, 0.25) is 0 Å². The minimum Gasteiger partial charge on any atom is -0.384 e. The van der Waals surface area contributed by atoms with Crippen molar-refractivity contribution in [1.29, 1.82) is 0 Å². The molecule has 4 rings (SSSR count). The monoisotopic (exact) mass is 250 g/mol. The molecule has 0 aliphatic heterocycles. The van der Waals surface area contributed by atoms with Crippen molar-refractivity contribution in [2.45, 2.75) is 18.8 Å². The smallest absolute Gasteiger partial charge is 0.179 e. The number of hydrogen-bond donors (Lipinski definition) is 2. The van der Waals surface area contributed by atoms with E-state index in [0.29, 0.717) is 17.4 Å². The van der Waals surface area contributed by atoms with Gasteiger partial charge in [0.15, 0.2) is 5.65 Å². The van der Waals surface area contributed by atoms with Crippen molar-refractivity contribution >= 4 is 17.0 Å². The van der Waals surface area contributed by atoms with E-state index in [1.165, 1.54) is 11.1 Å². The number of nitrogens with two attached hydrogens (primary N) is 1. The van der Waals surface area contributed by atoms with E-state index in [0.717, 1.165) is 24.2 Å². The molecule has 0 amide bonds. The number of hydrogen-bond acceptors (Lipinski definition) is 3. The highest BCUT2D eigenvalue weighted by Gasteiger charge is 2.25. The van der Waals surface area contributed by atoms with Crippen LogP contribution in [0.4, 0.5) is 5.82 Å². The van der Waals surface area contributed by atoms with E-state index >= 15 is 0 Å². The van der Waals surface area contributed by atoms with Gasteiger partial charge in [-0.25, -0.2) is 9.97 Å². The Balaban J connectivity index is 1.73. The van der Waals surface area contributed by atoms with Crippen LogP contribution >= 0.6 is 0 Å². The molecule has 4 nitrogen and oxygen atoms in total. The van der Waals surface area contributed by atoms with Crippen molar-refractivity contribution in [2.75, 3.05) is 5.73 Å². The number of aromatic nitrogens is 3. The largest absolute Gasteiger partial charge is 0.384 e.